The first-order chi connectivity index (χ1) is 17.5. The van der Waals surface area contributed by atoms with Crippen molar-refractivity contribution in [1.29, 1.82) is 0 Å². The van der Waals surface area contributed by atoms with Gasteiger partial charge in [0.25, 0.3) is 0 Å². The molecule has 1 heterocycles. The van der Waals surface area contributed by atoms with Crippen molar-refractivity contribution in [2.75, 3.05) is 13.1 Å². The second-order valence-electron chi connectivity index (χ2n) is 9.67. The predicted octanol–water partition coefficient (Wildman–Crippen LogP) is -1.03. The van der Waals surface area contributed by atoms with E-state index in [-0.39, 0.29) is 25.3 Å². The molecule has 0 amide bonds. The highest BCUT2D eigenvalue weighted by atomic mass is 16.8. The second-order valence-corrected chi connectivity index (χ2v) is 9.67. The molecule has 3 atom stereocenters. The monoisotopic (exact) mass is 549 g/mol. The van der Waals surface area contributed by atoms with Gasteiger partial charge in [-0.3, -0.25) is 14.4 Å². The van der Waals surface area contributed by atoms with E-state index in [1.54, 1.807) is 13.8 Å². The fraction of sp³-hybridized carbons (Fsp3) is 0.714. The topological polar surface area (TPSA) is 249 Å². The van der Waals surface area contributed by atoms with Crippen LogP contribution in [0.5, 0.6) is 0 Å². The zero-order valence-electron chi connectivity index (χ0n) is 21.8. The van der Waals surface area contributed by atoms with Crippen molar-refractivity contribution in [3.8, 4) is 0 Å². The minimum Gasteiger partial charge on any atom is -0.480 e. The third kappa shape index (κ3) is 10.1. The average molecular weight is 550 g/mol. The lowest BCUT2D eigenvalue weighted by Crippen LogP contribution is -2.55. The van der Waals surface area contributed by atoms with Gasteiger partial charge in [0, 0.05) is 6.54 Å². The third-order valence-electron chi connectivity index (χ3n) is 4.63. The molecule has 1 fully saturated rings. The van der Waals surface area contributed by atoms with Gasteiger partial charge in [-0.15, -0.1) is 10.5 Å². The zero-order valence-corrected chi connectivity index (χ0v) is 21.8. The van der Waals surface area contributed by atoms with Gasteiger partial charge in [-0.05, 0) is 46.0 Å². The highest BCUT2D eigenvalue weighted by Gasteiger charge is 2.55. The summed E-state index contributed by atoms with van der Waals surface area (Å²) in [7, 11) is 0. The number of carbonyl (C=O) groups excluding carboxylic acids is 2. The first-order valence-electron chi connectivity index (χ1n) is 11.6. The summed E-state index contributed by atoms with van der Waals surface area (Å²) >= 11 is 0. The van der Waals surface area contributed by atoms with Gasteiger partial charge in [-0.1, -0.05) is 13.8 Å². The van der Waals surface area contributed by atoms with Gasteiger partial charge in [0.2, 0.25) is 0 Å². The first kappa shape index (κ1) is 32.5. The first-order valence-corrected chi connectivity index (χ1v) is 11.6. The molecule has 1 aliphatic rings. The fourth-order valence-corrected chi connectivity index (χ4v) is 3.03. The molecule has 0 spiro atoms. The van der Waals surface area contributed by atoms with Crippen LogP contribution in [0.4, 0.5) is 0 Å². The van der Waals surface area contributed by atoms with Gasteiger partial charge in [-0.25, -0.2) is 9.59 Å². The van der Waals surface area contributed by atoms with Crippen LogP contribution >= 0.6 is 0 Å². The number of hydrogen-bond acceptors (Lipinski definition) is 13. The lowest BCUT2D eigenvalue weighted by atomic mass is 10.0. The van der Waals surface area contributed by atoms with Crippen molar-refractivity contribution in [2.45, 2.75) is 77.3 Å². The Morgan fingerprint density at radius 2 is 1.74 bits per heavy atom. The molecule has 7 N–H and O–H groups in total. The number of nitrogens with one attached hydrogen (secondary N) is 2. The molecule has 17 nitrogen and oxygen atoms in total. The Kier molecular flexibility index (Phi) is 11.8. The highest BCUT2D eigenvalue weighted by molar-refractivity contribution is 6.06. The molecule has 0 bridgehead atoms. The van der Waals surface area contributed by atoms with Crippen LogP contribution in [0.2, 0.25) is 0 Å². The summed E-state index contributed by atoms with van der Waals surface area (Å²) in [6.45, 7) is 7.05. The third-order valence-corrected chi connectivity index (χ3v) is 4.63. The van der Waals surface area contributed by atoms with Crippen LogP contribution in [-0.2, 0) is 43.2 Å². The summed E-state index contributed by atoms with van der Waals surface area (Å²) in [5.41, 5.74) is 5.06. The van der Waals surface area contributed by atoms with E-state index in [4.69, 9.17) is 30.1 Å². The Labute approximate surface area is 218 Å². The molecular formula is C21H35N5O12. The number of hydroxylamine groups is 4. The van der Waals surface area contributed by atoms with E-state index in [2.05, 4.69) is 4.99 Å². The molecule has 0 aromatic rings. The number of nitrogens with two attached hydrogens (primary N) is 1. The van der Waals surface area contributed by atoms with Crippen LogP contribution in [0.3, 0.4) is 0 Å². The summed E-state index contributed by atoms with van der Waals surface area (Å²) in [6, 6.07) is -3.44. The number of rotatable bonds is 13. The summed E-state index contributed by atoms with van der Waals surface area (Å²) in [5.74, 6) is -7.76. The molecule has 17 heteroatoms. The van der Waals surface area contributed by atoms with Crippen molar-refractivity contribution in [1.82, 2.24) is 16.0 Å². The van der Waals surface area contributed by atoms with E-state index in [1.807, 2.05) is 11.0 Å². The smallest absolute Gasteiger partial charge is 0.404 e. The van der Waals surface area contributed by atoms with Crippen molar-refractivity contribution in [3.05, 3.63) is 0 Å². The summed E-state index contributed by atoms with van der Waals surface area (Å²) in [5, 5.41) is 29.1. The number of nitrogens with zero attached hydrogens (tertiary/aromatic N) is 2. The lowest BCUT2D eigenvalue weighted by Gasteiger charge is -2.29. The standard InChI is InChI=1S/C21H35N5O12/c1-11(2)9-12(22)16(31)35-21(17(32)33,18(34)36-20(3,4)5)24-19(37-23-10-14(27)28)25-38-26-8-6-7-13(26)15(29)30/h11-13,23H,6-10,22H2,1-5H3,(H,24,25)(H,27,28)(H,29,30)(H,32,33)/t12-,13-,21?/m0/s1. The van der Waals surface area contributed by atoms with E-state index < -0.39 is 65.8 Å². The lowest BCUT2D eigenvalue weighted by molar-refractivity contribution is -0.213. The van der Waals surface area contributed by atoms with Crippen molar-refractivity contribution < 1.29 is 58.5 Å². The number of ether oxygens (including phenoxy) is 2. The molecule has 1 rings (SSSR count). The molecule has 0 radical (unpaired) electrons. The summed E-state index contributed by atoms with van der Waals surface area (Å²) in [6.07, 6.45) is 0.735. The number of carboxylic acid groups (broad SMARTS) is 3. The maximum atomic E-state index is 13.1. The van der Waals surface area contributed by atoms with Crippen molar-refractivity contribution in [3.63, 3.8) is 0 Å². The SMILES string of the molecule is CC(C)C[C@H](N)C(=O)OC(/N=C(/NON1CCC[C@H]1C(=O)O)ONCC(=O)O)(C(=O)O)C(=O)OC(C)(C)C. The maximum Gasteiger partial charge on any atom is 0.404 e. The van der Waals surface area contributed by atoms with Crippen LogP contribution in [0.1, 0.15) is 53.9 Å². The van der Waals surface area contributed by atoms with Crippen molar-refractivity contribution in [2.24, 2.45) is 16.6 Å². The second kappa shape index (κ2) is 13.8. The summed E-state index contributed by atoms with van der Waals surface area (Å²) < 4.78 is 10.1. The molecule has 0 aliphatic carbocycles. The number of carboxylic acids is 3. The highest BCUT2D eigenvalue weighted by Crippen LogP contribution is 2.23. The normalized spacial score (nSPS) is 18.8. The molecule has 216 valence electrons. The number of aliphatic imine (C=N–C) groups is 1. The van der Waals surface area contributed by atoms with Gasteiger partial charge >= 0.3 is 41.6 Å². The minimum atomic E-state index is -3.42. The Morgan fingerprint density at radius 1 is 1.11 bits per heavy atom. The quantitative estimate of drug-likeness (QED) is 0.0528. The van der Waals surface area contributed by atoms with Gasteiger partial charge in [0.15, 0.2) is 0 Å². The number of hydrogen-bond donors (Lipinski definition) is 6. The molecule has 1 saturated heterocycles. The molecule has 0 saturated carbocycles. The predicted molar refractivity (Wildman–Crippen MR) is 125 cm³/mol. The van der Waals surface area contributed by atoms with E-state index in [0.29, 0.717) is 6.42 Å². The molecule has 0 aromatic heterocycles. The maximum absolute atomic E-state index is 13.1. The largest absolute Gasteiger partial charge is 0.480 e. The number of amidine groups is 1. The Balaban J connectivity index is 3.49. The summed E-state index contributed by atoms with van der Waals surface area (Å²) in [4.78, 5) is 74.1. The van der Waals surface area contributed by atoms with Crippen molar-refractivity contribution >= 4 is 35.9 Å². The van der Waals surface area contributed by atoms with E-state index in [1.165, 1.54) is 20.8 Å². The number of esters is 2. The van der Waals surface area contributed by atoms with E-state index in [0.717, 1.165) is 5.06 Å². The Morgan fingerprint density at radius 3 is 2.24 bits per heavy atom. The zero-order chi connectivity index (χ0) is 29.3. The molecule has 1 unspecified atom stereocenters. The average Bonchev–Trinajstić information content (AvgIpc) is 3.23. The van der Waals surface area contributed by atoms with E-state index >= 15 is 0 Å². The Hall–Kier alpha value is -3.54. The van der Waals surface area contributed by atoms with E-state index in [9.17, 15) is 34.2 Å². The van der Waals surface area contributed by atoms with Gasteiger partial charge in [0.1, 0.15) is 24.2 Å². The number of carbonyl (C=O) groups is 5. The molecular weight excluding hydrogens is 514 g/mol. The van der Waals surface area contributed by atoms with Gasteiger partial charge < -0.3 is 35.4 Å². The van der Waals surface area contributed by atoms with Gasteiger partial charge in [-0.2, -0.15) is 15.4 Å². The molecule has 1 aliphatic heterocycles. The van der Waals surface area contributed by atoms with Crippen LogP contribution in [0, 0.1) is 5.92 Å². The van der Waals surface area contributed by atoms with Crippen LogP contribution in [-0.4, -0.2) is 92.8 Å². The van der Waals surface area contributed by atoms with Crippen LogP contribution < -0.4 is 16.7 Å². The van der Waals surface area contributed by atoms with Crippen LogP contribution in [0.25, 0.3) is 0 Å². The van der Waals surface area contributed by atoms with Gasteiger partial charge in [0.05, 0.1) is 0 Å². The molecule has 0 aromatic carbocycles. The fourth-order valence-electron chi connectivity index (χ4n) is 3.03. The molecule has 38 heavy (non-hydrogen) atoms. The Bertz CT molecular complexity index is 919. The number of aliphatic carboxylic acids is 3. The minimum absolute atomic E-state index is 0.0724. The van der Waals surface area contributed by atoms with Crippen LogP contribution in [0.15, 0.2) is 4.99 Å².